The second-order valence-corrected chi connectivity index (χ2v) is 7.07. The molecule has 8 nitrogen and oxygen atoms in total. The van der Waals surface area contributed by atoms with Gasteiger partial charge in [-0.1, -0.05) is 0 Å². The van der Waals surface area contributed by atoms with Gasteiger partial charge < -0.3 is 20.4 Å². The van der Waals surface area contributed by atoms with Gasteiger partial charge in [0.05, 0.1) is 0 Å². The van der Waals surface area contributed by atoms with E-state index in [-0.39, 0.29) is 0 Å². The summed E-state index contributed by atoms with van der Waals surface area (Å²) < 4.78 is 0. The summed E-state index contributed by atoms with van der Waals surface area (Å²) >= 11 is 0. The van der Waals surface area contributed by atoms with Crippen LogP contribution in [0.25, 0.3) is 0 Å². The van der Waals surface area contributed by atoms with Crippen LogP contribution in [0.1, 0.15) is 25.0 Å². The quantitative estimate of drug-likeness (QED) is 0.530. The summed E-state index contributed by atoms with van der Waals surface area (Å²) in [5.41, 5.74) is 2.30. The number of rotatable bonds is 10. The molecule has 158 valence electrons. The molecule has 30 heavy (non-hydrogen) atoms. The molecule has 0 aliphatic heterocycles. The summed E-state index contributed by atoms with van der Waals surface area (Å²) in [4.78, 5) is 21.7. The fraction of sp³-hybridized carbons (Fsp3) is 0.364. The van der Waals surface area contributed by atoms with Crippen molar-refractivity contribution in [3.05, 3.63) is 60.2 Å². The Bertz CT molecular complexity index is 873. The normalized spacial score (nSPS) is 10.5. The lowest BCUT2D eigenvalue weighted by atomic mass is 10.2. The van der Waals surface area contributed by atoms with Crippen LogP contribution in [0.15, 0.2) is 49.1 Å². The highest BCUT2D eigenvalue weighted by Crippen LogP contribution is 2.16. The zero-order valence-electron chi connectivity index (χ0n) is 18.1. The van der Waals surface area contributed by atoms with Crippen LogP contribution >= 0.6 is 0 Å². The number of anilines is 4. The Morgan fingerprint density at radius 2 is 1.17 bits per heavy atom. The van der Waals surface area contributed by atoms with Gasteiger partial charge in [0, 0.05) is 58.7 Å². The maximum Gasteiger partial charge on any atom is 0.131 e. The minimum absolute atomic E-state index is 0.667. The second-order valence-electron chi connectivity index (χ2n) is 7.07. The first kappa shape index (κ1) is 21.3. The van der Waals surface area contributed by atoms with Crippen molar-refractivity contribution in [3.63, 3.8) is 0 Å². The molecule has 0 aliphatic rings. The standard InChI is InChI=1S/C22H30N8/c1-5-29(3)21-11-17(7-9-23-21)14-25-19-13-20(28-16-27-19)26-15-18-8-10-24-22(12-18)30(4)6-2/h7-13,16H,5-6,14-15H2,1-4H3,(H2,25,26,27,28). The van der Waals surface area contributed by atoms with Gasteiger partial charge in [0.25, 0.3) is 0 Å². The van der Waals surface area contributed by atoms with E-state index in [2.05, 4.69) is 66.3 Å². The van der Waals surface area contributed by atoms with E-state index in [1.807, 2.05) is 44.7 Å². The molecule has 0 atom stereocenters. The van der Waals surface area contributed by atoms with Crippen molar-refractivity contribution in [3.8, 4) is 0 Å². The molecule has 0 spiro atoms. The van der Waals surface area contributed by atoms with Gasteiger partial charge in [-0.25, -0.2) is 19.9 Å². The van der Waals surface area contributed by atoms with Crippen LogP contribution in [-0.2, 0) is 13.1 Å². The van der Waals surface area contributed by atoms with Gasteiger partial charge in [-0.2, -0.15) is 0 Å². The Kier molecular flexibility index (Phi) is 7.37. The van der Waals surface area contributed by atoms with Gasteiger partial charge in [-0.3, -0.25) is 0 Å². The van der Waals surface area contributed by atoms with Crippen LogP contribution < -0.4 is 20.4 Å². The molecular formula is C22H30N8. The molecule has 0 amide bonds. The summed E-state index contributed by atoms with van der Waals surface area (Å²) in [6.45, 7) is 7.38. The Hall–Kier alpha value is -3.42. The van der Waals surface area contributed by atoms with E-state index in [1.165, 1.54) is 0 Å². The van der Waals surface area contributed by atoms with Crippen LogP contribution in [0, 0.1) is 0 Å². The van der Waals surface area contributed by atoms with Gasteiger partial charge in [0.1, 0.15) is 29.6 Å². The summed E-state index contributed by atoms with van der Waals surface area (Å²) in [6, 6.07) is 10.1. The van der Waals surface area contributed by atoms with E-state index in [1.54, 1.807) is 6.33 Å². The molecule has 3 aromatic rings. The molecule has 0 unspecified atom stereocenters. The van der Waals surface area contributed by atoms with Crippen molar-refractivity contribution in [2.45, 2.75) is 26.9 Å². The van der Waals surface area contributed by atoms with Crippen LogP contribution in [0.5, 0.6) is 0 Å². The molecule has 3 aromatic heterocycles. The first-order chi connectivity index (χ1) is 14.6. The number of hydrogen-bond acceptors (Lipinski definition) is 8. The first-order valence-electron chi connectivity index (χ1n) is 10.2. The molecule has 3 rings (SSSR count). The van der Waals surface area contributed by atoms with E-state index in [9.17, 15) is 0 Å². The van der Waals surface area contributed by atoms with Crippen LogP contribution in [0.2, 0.25) is 0 Å². The smallest absolute Gasteiger partial charge is 0.131 e. The van der Waals surface area contributed by atoms with Crippen molar-refractivity contribution in [1.82, 2.24) is 19.9 Å². The third-order valence-electron chi connectivity index (χ3n) is 4.97. The van der Waals surface area contributed by atoms with Crippen molar-refractivity contribution in [2.75, 3.05) is 47.6 Å². The van der Waals surface area contributed by atoms with Gasteiger partial charge >= 0.3 is 0 Å². The molecule has 0 saturated carbocycles. The Balaban J connectivity index is 1.59. The largest absolute Gasteiger partial charge is 0.366 e. The van der Waals surface area contributed by atoms with E-state index in [4.69, 9.17) is 0 Å². The summed E-state index contributed by atoms with van der Waals surface area (Å²) in [5.74, 6) is 3.48. The predicted molar refractivity (Wildman–Crippen MR) is 123 cm³/mol. The van der Waals surface area contributed by atoms with Crippen LogP contribution in [0.3, 0.4) is 0 Å². The third-order valence-corrected chi connectivity index (χ3v) is 4.97. The first-order valence-corrected chi connectivity index (χ1v) is 10.2. The lowest BCUT2D eigenvalue weighted by Gasteiger charge is -2.16. The zero-order valence-corrected chi connectivity index (χ0v) is 18.1. The van der Waals surface area contributed by atoms with E-state index < -0.39 is 0 Å². The molecule has 3 heterocycles. The number of nitrogens with one attached hydrogen (secondary N) is 2. The van der Waals surface area contributed by atoms with E-state index in [0.717, 1.165) is 47.5 Å². The highest BCUT2D eigenvalue weighted by Gasteiger charge is 2.05. The average Bonchev–Trinajstić information content (AvgIpc) is 2.81. The third kappa shape index (κ3) is 5.79. The molecule has 0 radical (unpaired) electrons. The maximum absolute atomic E-state index is 4.41. The number of nitrogens with zero attached hydrogens (tertiary/aromatic N) is 6. The molecule has 8 heteroatoms. The zero-order chi connectivity index (χ0) is 21.3. The second kappa shape index (κ2) is 10.4. The molecule has 0 aliphatic carbocycles. The van der Waals surface area contributed by atoms with Gasteiger partial charge in [0.15, 0.2) is 0 Å². The molecule has 0 aromatic carbocycles. The maximum atomic E-state index is 4.41. The number of hydrogen-bond donors (Lipinski definition) is 2. The lowest BCUT2D eigenvalue weighted by Crippen LogP contribution is -2.17. The molecular weight excluding hydrogens is 376 g/mol. The molecule has 2 N–H and O–H groups in total. The highest BCUT2D eigenvalue weighted by molar-refractivity contribution is 5.48. The average molecular weight is 407 g/mol. The molecule has 0 fully saturated rings. The van der Waals surface area contributed by atoms with E-state index in [0.29, 0.717) is 13.1 Å². The minimum Gasteiger partial charge on any atom is -0.366 e. The Labute approximate surface area is 178 Å². The van der Waals surface area contributed by atoms with Gasteiger partial charge in [0.2, 0.25) is 0 Å². The van der Waals surface area contributed by atoms with Crippen LogP contribution in [0.4, 0.5) is 23.3 Å². The fourth-order valence-corrected chi connectivity index (χ4v) is 2.82. The van der Waals surface area contributed by atoms with Crippen molar-refractivity contribution < 1.29 is 0 Å². The number of pyridine rings is 2. The minimum atomic E-state index is 0.667. The topological polar surface area (TPSA) is 82.1 Å². The molecule has 0 bridgehead atoms. The highest BCUT2D eigenvalue weighted by atomic mass is 15.2. The van der Waals surface area contributed by atoms with Crippen molar-refractivity contribution in [1.29, 1.82) is 0 Å². The fourth-order valence-electron chi connectivity index (χ4n) is 2.82. The predicted octanol–water partition coefficient (Wildman–Crippen LogP) is 3.40. The summed E-state index contributed by atoms with van der Waals surface area (Å²) in [7, 11) is 4.07. The van der Waals surface area contributed by atoms with Crippen LogP contribution in [-0.4, -0.2) is 47.1 Å². The van der Waals surface area contributed by atoms with Gasteiger partial charge in [-0.05, 0) is 49.2 Å². The summed E-state index contributed by atoms with van der Waals surface area (Å²) in [5, 5.41) is 6.72. The SMILES string of the molecule is CCN(C)c1cc(CNc2cc(NCc3ccnc(N(C)CC)c3)ncn2)ccn1. The monoisotopic (exact) mass is 406 g/mol. The molecule has 0 saturated heterocycles. The summed E-state index contributed by atoms with van der Waals surface area (Å²) in [6.07, 6.45) is 5.24. The lowest BCUT2D eigenvalue weighted by molar-refractivity contribution is 0.931. The van der Waals surface area contributed by atoms with Crippen molar-refractivity contribution >= 4 is 23.3 Å². The van der Waals surface area contributed by atoms with Gasteiger partial charge in [-0.15, -0.1) is 0 Å². The Morgan fingerprint density at radius 3 is 1.60 bits per heavy atom. The van der Waals surface area contributed by atoms with E-state index >= 15 is 0 Å². The number of aromatic nitrogens is 4. The van der Waals surface area contributed by atoms with Crippen molar-refractivity contribution in [2.24, 2.45) is 0 Å². The Morgan fingerprint density at radius 1 is 0.700 bits per heavy atom.